The van der Waals surface area contributed by atoms with Crippen molar-refractivity contribution in [3.05, 3.63) is 0 Å². The number of alkyl halides is 1. The van der Waals surface area contributed by atoms with Crippen molar-refractivity contribution in [2.75, 3.05) is 13.6 Å². The first-order chi connectivity index (χ1) is 6.66. The van der Waals surface area contributed by atoms with Crippen LogP contribution in [0.15, 0.2) is 0 Å². The highest BCUT2D eigenvalue weighted by atomic mass is 19.1. The minimum atomic E-state index is -0.601. The fraction of sp³-hybridized carbons (Fsp3) is 1.00. The third-order valence-electron chi connectivity index (χ3n) is 3.77. The van der Waals surface area contributed by atoms with Crippen LogP contribution in [0.1, 0.15) is 32.6 Å². The Balaban J connectivity index is 1.81. The molecule has 2 fully saturated rings. The number of nitrogens with one attached hydrogen (secondary N) is 1. The Hall–Kier alpha value is -0.150. The molecule has 0 spiro atoms. The SMILES string of the molecule is CC1CC(N[C@@H]2CCC[C@@H]2F)CN1C. The molecule has 0 aromatic carbocycles. The maximum Gasteiger partial charge on any atom is 0.115 e. The van der Waals surface area contributed by atoms with Crippen LogP contribution in [-0.4, -0.2) is 42.8 Å². The standard InChI is InChI=1S/C11H21FN2/c1-8-6-9(7-14(8)2)13-11-5-3-4-10(11)12/h8-11,13H,3-7H2,1-2H3/t8?,9?,10-,11+/m0/s1. The molecule has 2 nitrogen and oxygen atoms in total. The molecule has 0 amide bonds. The van der Waals surface area contributed by atoms with Gasteiger partial charge < -0.3 is 10.2 Å². The molecule has 1 aliphatic heterocycles. The molecule has 0 radical (unpaired) electrons. The number of hydrogen-bond donors (Lipinski definition) is 1. The summed E-state index contributed by atoms with van der Waals surface area (Å²) in [5.74, 6) is 0. The number of likely N-dealkylation sites (tertiary alicyclic amines) is 1. The van der Waals surface area contributed by atoms with E-state index < -0.39 is 6.17 Å². The Morgan fingerprint density at radius 3 is 2.64 bits per heavy atom. The van der Waals surface area contributed by atoms with E-state index in [2.05, 4.69) is 24.2 Å². The van der Waals surface area contributed by atoms with Crippen LogP contribution in [-0.2, 0) is 0 Å². The predicted octanol–water partition coefficient (Wildman–Crippen LogP) is 1.56. The van der Waals surface area contributed by atoms with E-state index in [0.29, 0.717) is 12.1 Å². The van der Waals surface area contributed by atoms with Crippen LogP contribution in [0.3, 0.4) is 0 Å². The minimum absolute atomic E-state index is 0.138. The van der Waals surface area contributed by atoms with Gasteiger partial charge in [-0.25, -0.2) is 4.39 Å². The van der Waals surface area contributed by atoms with E-state index in [1.807, 2.05) is 0 Å². The number of nitrogens with zero attached hydrogens (tertiary/aromatic N) is 1. The second-order valence-corrected chi connectivity index (χ2v) is 4.94. The van der Waals surface area contributed by atoms with Crippen molar-refractivity contribution in [1.82, 2.24) is 10.2 Å². The fourth-order valence-corrected chi connectivity index (χ4v) is 2.72. The van der Waals surface area contributed by atoms with E-state index in [-0.39, 0.29) is 6.04 Å². The summed E-state index contributed by atoms with van der Waals surface area (Å²) in [7, 11) is 2.15. The zero-order chi connectivity index (χ0) is 10.1. The average molecular weight is 200 g/mol. The summed E-state index contributed by atoms with van der Waals surface area (Å²) in [5, 5.41) is 3.47. The van der Waals surface area contributed by atoms with Gasteiger partial charge in [-0.05, 0) is 39.7 Å². The van der Waals surface area contributed by atoms with Gasteiger partial charge in [0.1, 0.15) is 6.17 Å². The Morgan fingerprint density at radius 1 is 1.36 bits per heavy atom. The molecule has 2 unspecified atom stereocenters. The van der Waals surface area contributed by atoms with Gasteiger partial charge in [0.2, 0.25) is 0 Å². The molecule has 14 heavy (non-hydrogen) atoms. The summed E-state index contributed by atoms with van der Waals surface area (Å²) < 4.78 is 13.4. The van der Waals surface area contributed by atoms with Crippen LogP contribution in [0.2, 0.25) is 0 Å². The van der Waals surface area contributed by atoms with Gasteiger partial charge in [0.25, 0.3) is 0 Å². The molecule has 2 rings (SSSR count). The molecule has 0 aromatic heterocycles. The second-order valence-electron chi connectivity index (χ2n) is 4.94. The molecular weight excluding hydrogens is 179 g/mol. The van der Waals surface area contributed by atoms with Gasteiger partial charge >= 0.3 is 0 Å². The molecule has 1 saturated carbocycles. The van der Waals surface area contributed by atoms with Crippen molar-refractivity contribution in [1.29, 1.82) is 0 Å². The predicted molar refractivity (Wildman–Crippen MR) is 56.2 cm³/mol. The van der Waals surface area contributed by atoms with Gasteiger partial charge in [-0.1, -0.05) is 0 Å². The van der Waals surface area contributed by atoms with Crippen molar-refractivity contribution in [3.8, 4) is 0 Å². The number of halogens is 1. The van der Waals surface area contributed by atoms with Crippen LogP contribution >= 0.6 is 0 Å². The molecule has 1 heterocycles. The molecule has 0 aromatic rings. The van der Waals surface area contributed by atoms with Crippen LogP contribution in [0.5, 0.6) is 0 Å². The number of likely N-dealkylation sites (N-methyl/N-ethyl adjacent to an activating group) is 1. The first-order valence-corrected chi connectivity index (χ1v) is 5.77. The Kier molecular flexibility index (Phi) is 3.07. The molecule has 4 atom stereocenters. The Bertz CT molecular complexity index is 188. The van der Waals surface area contributed by atoms with Gasteiger partial charge in [-0.3, -0.25) is 0 Å². The van der Waals surface area contributed by atoms with Crippen LogP contribution in [0.25, 0.3) is 0 Å². The lowest BCUT2D eigenvalue weighted by Crippen LogP contribution is -2.42. The molecule has 3 heteroatoms. The third kappa shape index (κ3) is 2.09. The lowest BCUT2D eigenvalue weighted by molar-refractivity contribution is 0.261. The highest BCUT2D eigenvalue weighted by Crippen LogP contribution is 2.24. The maximum atomic E-state index is 13.4. The lowest BCUT2D eigenvalue weighted by Gasteiger charge is -2.20. The Morgan fingerprint density at radius 2 is 2.14 bits per heavy atom. The van der Waals surface area contributed by atoms with Crippen LogP contribution in [0.4, 0.5) is 4.39 Å². The van der Waals surface area contributed by atoms with Crippen molar-refractivity contribution < 1.29 is 4.39 Å². The van der Waals surface area contributed by atoms with E-state index in [4.69, 9.17) is 0 Å². The van der Waals surface area contributed by atoms with Crippen LogP contribution in [0, 0.1) is 0 Å². The lowest BCUT2D eigenvalue weighted by atomic mass is 10.1. The van der Waals surface area contributed by atoms with Gasteiger partial charge in [-0.2, -0.15) is 0 Å². The average Bonchev–Trinajstić information content (AvgIpc) is 2.63. The number of rotatable bonds is 2. The highest BCUT2D eigenvalue weighted by molar-refractivity contribution is 4.91. The number of hydrogen-bond acceptors (Lipinski definition) is 2. The topological polar surface area (TPSA) is 15.3 Å². The van der Waals surface area contributed by atoms with Crippen molar-refractivity contribution >= 4 is 0 Å². The summed E-state index contributed by atoms with van der Waals surface area (Å²) >= 11 is 0. The summed E-state index contributed by atoms with van der Waals surface area (Å²) in [6, 6.07) is 1.29. The summed E-state index contributed by atoms with van der Waals surface area (Å²) in [5.41, 5.74) is 0. The van der Waals surface area contributed by atoms with Crippen molar-refractivity contribution in [3.63, 3.8) is 0 Å². The van der Waals surface area contributed by atoms with Gasteiger partial charge in [0.05, 0.1) is 0 Å². The van der Waals surface area contributed by atoms with Gasteiger partial charge in [0, 0.05) is 24.7 Å². The third-order valence-corrected chi connectivity index (χ3v) is 3.77. The van der Waals surface area contributed by atoms with E-state index in [9.17, 15) is 4.39 Å². The highest BCUT2D eigenvalue weighted by Gasteiger charge is 2.32. The summed E-state index contributed by atoms with van der Waals surface area (Å²) in [6.45, 7) is 3.31. The second kappa shape index (κ2) is 4.15. The van der Waals surface area contributed by atoms with E-state index in [1.165, 1.54) is 6.42 Å². The minimum Gasteiger partial charge on any atom is -0.307 e. The molecule has 0 bridgehead atoms. The fourth-order valence-electron chi connectivity index (χ4n) is 2.72. The smallest absolute Gasteiger partial charge is 0.115 e. The zero-order valence-electron chi connectivity index (χ0n) is 9.17. The van der Waals surface area contributed by atoms with Crippen molar-refractivity contribution in [2.45, 2.75) is 56.9 Å². The maximum absolute atomic E-state index is 13.4. The summed E-state index contributed by atoms with van der Waals surface area (Å²) in [6.07, 6.45) is 3.40. The van der Waals surface area contributed by atoms with E-state index in [1.54, 1.807) is 0 Å². The first-order valence-electron chi connectivity index (χ1n) is 5.77. The van der Waals surface area contributed by atoms with E-state index in [0.717, 1.165) is 25.8 Å². The monoisotopic (exact) mass is 200 g/mol. The molecule has 1 saturated heterocycles. The normalized spacial score (nSPS) is 44.8. The van der Waals surface area contributed by atoms with Gasteiger partial charge in [0.15, 0.2) is 0 Å². The zero-order valence-corrected chi connectivity index (χ0v) is 9.17. The molecule has 2 aliphatic rings. The quantitative estimate of drug-likeness (QED) is 0.727. The molecule has 1 N–H and O–H groups in total. The Labute approximate surface area is 85.9 Å². The van der Waals surface area contributed by atoms with Crippen LogP contribution < -0.4 is 5.32 Å². The van der Waals surface area contributed by atoms with E-state index >= 15 is 0 Å². The summed E-state index contributed by atoms with van der Waals surface area (Å²) in [4.78, 5) is 2.35. The largest absolute Gasteiger partial charge is 0.307 e. The first kappa shape index (κ1) is 10.4. The molecular formula is C11H21FN2. The molecule has 82 valence electrons. The van der Waals surface area contributed by atoms with Gasteiger partial charge in [-0.15, -0.1) is 0 Å². The van der Waals surface area contributed by atoms with Crippen molar-refractivity contribution in [2.24, 2.45) is 0 Å². The molecule has 1 aliphatic carbocycles.